The number of hydrogen-bond acceptors (Lipinski definition) is 3. The molecule has 0 aliphatic carbocycles. The van der Waals surface area contributed by atoms with Gasteiger partial charge in [-0.05, 0) is 24.6 Å². The largest absolute Gasteiger partial charge is 0.366 e. The monoisotopic (exact) mass is 290 g/mol. The number of anilines is 1. The fourth-order valence-electron chi connectivity index (χ4n) is 1.69. The van der Waals surface area contributed by atoms with Gasteiger partial charge in [0.15, 0.2) is 0 Å². The summed E-state index contributed by atoms with van der Waals surface area (Å²) in [6.45, 7) is 3.77. The van der Waals surface area contributed by atoms with Crippen molar-refractivity contribution in [2.45, 2.75) is 13.0 Å². The summed E-state index contributed by atoms with van der Waals surface area (Å²) < 4.78 is 5.37. The van der Waals surface area contributed by atoms with E-state index in [1.807, 2.05) is 19.1 Å². The van der Waals surface area contributed by atoms with Gasteiger partial charge in [-0.15, -0.1) is 12.4 Å². The summed E-state index contributed by atoms with van der Waals surface area (Å²) in [5, 5.41) is 6.59. The predicted molar refractivity (Wildman–Crippen MR) is 74.7 cm³/mol. The summed E-state index contributed by atoms with van der Waals surface area (Å²) in [5.74, 6) is -0.137. The van der Waals surface area contributed by atoms with Crippen LogP contribution in [0.25, 0.3) is 0 Å². The Morgan fingerprint density at radius 3 is 3.00 bits per heavy atom. The first-order chi connectivity index (χ1) is 8.18. The number of amides is 1. The maximum Gasteiger partial charge on any atom is 0.254 e. The fraction of sp³-hybridized carbons (Fsp3) is 0.417. The van der Waals surface area contributed by atoms with E-state index in [-0.39, 0.29) is 18.3 Å². The van der Waals surface area contributed by atoms with E-state index >= 15 is 0 Å². The number of hydrogen-bond donors (Lipinski definition) is 2. The molecule has 1 fully saturated rings. The molecule has 0 radical (unpaired) electrons. The van der Waals surface area contributed by atoms with Crippen LogP contribution in [0.4, 0.5) is 5.69 Å². The van der Waals surface area contributed by atoms with Crippen LogP contribution >= 0.6 is 24.0 Å². The molecule has 1 aromatic rings. The summed E-state index contributed by atoms with van der Waals surface area (Å²) in [6, 6.07) is 5.44. The maximum atomic E-state index is 11.9. The Kier molecular flexibility index (Phi) is 5.88. The molecule has 1 aliphatic rings. The Morgan fingerprint density at radius 2 is 2.33 bits per heavy atom. The second kappa shape index (κ2) is 6.95. The number of nitrogens with one attached hydrogen (secondary N) is 2. The number of carbonyl (C=O) groups excluding carboxylic acids is 1. The molecule has 1 amide bonds. The summed E-state index contributed by atoms with van der Waals surface area (Å²) in [4.78, 5) is 11.9. The van der Waals surface area contributed by atoms with Crippen molar-refractivity contribution in [3.05, 3.63) is 28.8 Å². The van der Waals surface area contributed by atoms with Crippen LogP contribution in [0, 0.1) is 6.92 Å². The molecule has 1 aromatic carbocycles. The van der Waals surface area contributed by atoms with Crippen molar-refractivity contribution in [3.8, 4) is 0 Å². The van der Waals surface area contributed by atoms with Gasteiger partial charge in [-0.2, -0.15) is 0 Å². The van der Waals surface area contributed by atoms with Gasteiger partial charge in [0.25, 0.3) is 5.91 Å². The van der Waals surface area contributed by atoms with Crippen LogP contribution < -0.4 is 10.6 Å². The van der Waals surface area contributed by atoms with Crippen molar-refractivity contribution in [1.82, 2.24) is 5.32 Å². The molecule has 1 saturated heterocycles. The first-order valence-corrected chi connectivity index (χ1v) is 5.94. The second-order valence-electron chi connectivity index (χ2n) is 3.97. The number of carbonyl (C=O) groups is 1. The van der Waals surface area contributed by atoms with Gasteiger partial charge in [0, 0.05) is 23.8 Å². The molecule has 18 heavy (non-hydrogen) atoms. The van der Waals surface area contributed by atoms with Crippen LogP contribution in [0.5, 0.6) is 0 Å². The maximum absolute atomic E-state index is 11.9. The zero-order valence-corrected chi connectivity index (χ0v) is 11.6. The third kappa shape index (κ3) is 3.59. The van der Waals surface area contributed by atoms with Gasteiger partial charge in [-0.3, -0.25) is 4.79 Å². The normalized spacial score (nSPS) is 18.9. The van der Waals surface area contributed by atoms with E-state index in [0.29, 0.717) is 18.2 Å². The number of benzene rings is 1. The van der Waals surface area contributed by atoms with Gasteiger partial charge in [0.2, 0.25) is 0 Å². The first kappa shape index (κ1) is 15.2. The lowest BCUT2D eigenvalue weighted by atomic mass is 10.2. The number of rotatable bonds is 2. The number of ether oxygens (including phenoxy) is 1. The number of halogens is 2. The lowest BCUT2D eigenvalue weighted by molar-refractivity contribution is -0.128. The molecule has 0 aromatic heterocycles. The van der Waals surface area contributed by atoms with Gasteiger partial charge < -0.3 is 15.4 Å². The molecule has 1 aliphatic heterocycles. The second-order valence-corrected chi connectivity index (χ2v) is 4.37. The van der Waals surface area contributed by atoms with Gasteiger partial charge in [0.05, 0.1) is 6.61 Å². The van der Waals surface area contributed by atoms with Crippen LogP contribution in [-0.4, -0.2) is 31.7 Å². The van der Waals surface area contributed by atoms with Crippen LogP contribution in [-0.2, 0) is 9.53 Å². The Hall–Kier alpha value is -0.810. The Balaban J connectivity index is 0.00000162. The molecule has 2 N–H and O–H groups in total. The lowest BCUT2D eigenvalue weighted by Gasteiger charge is -2.23. The molecule has 6 heteroatoms. The Bertz CT molecular complexity index is 421. The summed E-state index contributed by atoms with van der Waals surface area (Å²) in [5.41, 5.74) is 1.60. The van der Waals surface area contributed by atoms with E-state index in [1.54, 1.807) is 6.07 Å². The quantitative estimate of drug-likeness (QED) is 0.876. The molecule has 0 bridgehead atoms. The van der Waals surface area contributed by atoms with Crippen molar-refractivity contribution >= 4 is 35.6 Å². The zero-order chi connectivity index (χ0) is 12.3. The highest BCUT2D eigenvalue weighted by Gasteiger charge is 2.22. The zero-order valence-electron chi connectivity index (χ0n) is 10.0. The molecule has 1 atom stereocenters. The summed E-state index contributed by atoms with van der Waals surface area (Å²) >= 11 is 5.99. The van der Waals surface area contributed by atoms with Crippen LogP contribution in [0.15, 0.2) is 18.2 Å². The molecule has 2 rings (SSSR count). The van der Waals surface area contributed by atoms with Crippen LogP contribution in [0.2, 0.25) is 5.02 Å². The van der Waals surface area contributed by atoms with E-state index in [2.05, 4.69) is 10.6 Å². The SMILES string of the molecule is Cc1c(Cl)cccc1NC(=O)C1CNCCO1.Cl. The van der Waals surface area contributed by atoms with E-state index in [0.717, 1.165) is 17.8 Å². The Morgan fingerprint density at radius 1 is 1.56 bits per heavy atom. The van der Waals surface area contributed by atoms with Crippen molar-refractivity contribution in [3.63, 3.8) is 0 Å². The Labute approximate surface area is 117 Å². The molecule has 1 unspecified atom stereocenters. The van der Waals surface area contributed by atoms with Gasteiger partial charge in [0.1, 0.15) is 6.10 Å². The van der Waals surface area contributed by atoms with Crippen LogP contribution in [0.3, 0.4) is 0 Å². The molecule has 0 spiro atoms. The van der Waals surface area contributed by atoms with E-state index < -0.39 is 6.10 Å². The van der Waals surface area contributed by atoms with Gasteiger partial charge in [-0.1, -0.05) is 17.7 Å². The minimum absolute atomic E-state index is 0. The molecule has 4 nitrogen and oxygen atoms in total. The van der Waals surface area contributed by atoms with Crippen LogP contribution in [0.1, 0.15) is 5.56 Å². The molecule has 100 valence electrons. The van der Waals surface area contributed by atoms with Gasteiger partial charge in [-0.25, -0.2) is 0 Å². The molecular weight excluding hydrogens is 275 g/mol. The standard InChI is InChI=1S/C12H15ClN2O2.ClH/c1-8-9(13)3-2-4-10(8)15-12(16)11-7-14-5-6-17-11;/h2-4,11,14H,5-7H2,1H3,(H,15,16);1H. The third-order valence-corrected chi connectivity index (χ3v) is 3.16. The summed E-state index contributed by atoms with van der Waals surface area (Å²) in [7, 11) is 0. The minimum Gasteiger partial charge on any atom is -0.366 e. The third-order valence-electron chi connectivity index (χ3n) is 2.75. The highest BCUT2D eigenvalue weighted by molar-refractivity contribution is 6.31. The highest BCUT2D eigenvalue weighted by atomic mass is 35.5. The highest BCUT2D eigenvalue weighted by Crippen LogP contribution is 2.23. The van der Waals surface area contributed by atoms with Crippen molar-refractivity contribution in [2.24, 2.45) is 0 Å². The van der Waals surface area contributed by atoms with Crippen molar-refractivity contribution in [1.29, 1.82) is 0 Å². The fourth-order valence-corrected chi connectivity index (χ4v) is 1.86. The molecule has 1 heterocycles. The first-order valence-electron chi connectivity index (χ1n) is 5.57. The predicted octanol–water partition coefficient (Wildman–Crippen LogP) is 2.00. The summed E-state index contributed by atoms with van der Waals surface area (Å²) in [6.07, 6.45) is -0.429. The van der Waals surface area contributed by atoms with E-state index in [1.165, 1.54) is 0 Å². The minimum atomic E-state index is -0.429. The average Bonchev–Trinajstić information content (AvgIpc) is 2.36. The topological polar surface area (TPSA) is 50.4 Å². The average molecular weight is 291 g/mol. The molecular formula is C12H16Cl2N2O2. The van der Waals surface area contributed by atoms with Crippen molar-refractivity contribution in [2.75, 3.05) is 25.0 Å². The lowest BCUT2D eigenvalue weighted by Crippen LogP contribution is -2.45. The number of morpholine rings is 1. The van der Waals surface area contributed by atoms with E-state index in [4.69, 9.17) is 16.3 Å². The molecule has 0 saturated carbocycles. The smallest absolute Gasteiger partial charge is 0.254 e. The van der Waals surface area contributed by atoms with E-state index in [9.17, 15) is 4.79 Å². The van der Waals surface area contributed by atoms with Crippen molar-refractivity contribution < 1.29 is 9.53 Å². The van der Waals surface area contributed by atoms with Gasteiger partial charge >= 0.3 is 0 Å².